The van der Waals surface area contributed by atoms with Crippen LogP contribution in [0.25, 0.3) is 5.57 Å². The molecule has 1 saturated carbocycles. The molecule has 1 aliphatic carbocycles. The molecule has 0 N–H and O–H groups in total. The van der Waals surface area contributed by atoms with Crippen molar-refractivity contribution in [3.8, 4) is 11.5 Å². The van der Waals surface area contributed by atoms with Crippen LogP contribution in [0.3, 0.4) is 0 Å². The highest BCUT2D eigenvalue weighted by Gasteiger charge is 2.48. The summed E-state index contributed by atoms with van der Waals surface area (Å²) >= 11 is 3.78. The predicted octanol–water partition coefficient (Wildman–Crippen LogP) is 7.43. The molecule has 1 saturated heterocycles. The van der Waals surface area contributed by atoms with Crippen molar-refractivity contribution in [2.45, 2.75) is 38.6 Å². The molecule has 1 spiro atoms. The second-order valence-electron chi connectivity index (χ2n) is 11.0. The lowest BCUT2D eigenvalue weighted by atomic mass is 9.57. The van der Waals surface area contributed by atoms with Crippen LogP contribution >= 0.6 is 15.9 Å². The van der Waals surface area contributed by atoms with E-state index in [9.17, 15) is 0 Å². The quantitative estimate of drug-likeness (QED) is 0.255. The smallest absolute Gasteiger partial charge is 0.159 e. The van der Waals surface area contributed by atoms with Crippen LogP contribution in [0.2, 0.25) is 0 Å². The Morgan fingerprint density at radius 3 is 2.36 bits per heavy atom. The van der Waals surface area contributed by atoms with Gasteiger partial charge >= 0.3 is 0 Å². The summed E-state index contributed by atoms with van der Waals surface area (Å²) in [5.74, 6) is 2.20. The largest absolute Gasteiger partial charge is 0.489 e. The van der Waals surface area contributed by atoms with E-state index in [1.807, 2.05) is 30.3 Å². The van der Waals surface area contributed by atoms with Crippen LogP contribution < -0.4 is 14.4 Å². The van der Waals surface area contributed by atoms with E-state index < -0.39 is 0 Å². The van der Waals surface area contributed by atoms with E-state index >= 15 is 0 Å². The van der Waals surface area contributed by atoms with Crippen LogP contribution in [0.5, 0.6) is 11.5 Å². The van der Waals surface area contributed by atoms with Crippen molar-refractivity contribution in [1.82, 2.24) is 0 Å². The summed E-state index contributed by atoms with van der Waals surface area (Å²) in [7, 11) is 3.50. The van der Waals surface area contributed by atoms with Gasteiger partial charge in [0.2, 0.25) is 0 Å². The van der Waals surface area contributed by atoms with E-state index in [0.717, 1.165) is 40.2 Å². The summed E-state index contributed by atoms with van der Waals surface area (Å²) in [6.07, 6.45) is 4.85. The average molecular weight is 591 g/mol. The van der Waals surface area contributed by atoms with Gasteiger partial charge in [-0.3, -0.25) is 0 Å². The Balaban J connectivity index is 1.11. The van der Waals surface area contributed by atoms with E-state index in [2.05, 4.69) is 63.3 Å². The lowest BCUT2D eigenvalue weighted by molar-refractivity contribution is -0.184. The second kappa shape index (κ2) is 11.4. The molecule has 0 unspecified atom stereocenters. The first-order valence-corrected chi connectivity index (χ1v) is 14.6. The molecule has 0 bridgehead atoms. The fourth-order valence-corrected chi connectivity index (χ4v) is 7.10. The van der Waals surface area contributed by atoms with Gasteiger partial charge in [-0.25, -0.2) is 0 Å². The molecule has 0 atom stereocenters. The number of methoxy groups -OCH3 is 2. The number of halogens is 1. The van der Waals surface area contributed by atoms with Crippen LogP contribution in [0.1, 0.15) is 42.4 Å². The number of hydrogen-bond acceptors (Lipinski definition) is 5. The van der Waals surface area contributed by atoms with Gasteiger partial charge in [0.05, 0.1) is 0 Å². The van der Waals surface area contributed by atoms with Gasteiger partial charge in [-0.05, 0) is 66.5 Å². The Morgan fingerprint density at radius 1 is 0.949 bits per heavy atom. The van der Waals surface area contributed by atoms with Gasteiger partial charge in [0.1, 0.15) is 24.7 Å². The summed E-state index contributed by atoms with van der Waals surface area (Å²) < 4.78 is 24.2. The van der Waals surface area contributed by atoms with Gasteiger partial charge in [0.25, 0.3) is 0 Å². The molecule has 3 aromatic rings. The predicted molar refractivity (Wildman–Crippen MR) is 159 cm³/mol. The number of hydrogen-bond donors (Lipinski definition) is 0. The Bertz CT molecular complexity index is 1300. The summed E-state index contributed by atoms with van der Waals surface area (Å²) in [6.45, 7) is 3.25. The molecule has 5 nitrogen and oxygen atoms in total. The lowest BCUT2D eigenvalue weighted by Crippen LogP contribution is -2.50. The Hall–Kier alpha value is -2.80. The minimum absolute atomic E-state index is 0.0569. The highest BCUT2D eigenvalue weighted by atomic mass is 79.9. The zero-order valence-corrected chi connectivity index (χ0v) is 24.3. The van der Waals surface area contributed by atoms with E-state index in [1.54, 1.807) is 14.2 Å². The fraction of sp³-hybridized carbons (Fsp3) is 0.394. The van der Waals surface area contributed by atoms with Crippen molar-refractivity contribution in [1.29, 1.82) is 0 Å². The summed E-state index contributed by atoms with van der Waals surface area (Å²) in [5, 5.41) is 0. The first-order chi connectivity index (χ1) is 19.1. The third-order valence-electron chi connectivity index (χ3n) is 8.68. The Kier molecular flexibility index (Phi) is 7.70. The molecule has 2 heterocycles. The maximum atomic E-state index is 6.06. The second-order valence-corrected chi connectivity index (χ2v) is 12.0. The van der Waals surface area contributed by atoms with E-state index in [1.165, 1.54) is 42.5 Å². The number of rotatable bonds is 8. The molecule has 3 aliphatic rings. The average Bonchev–Trinajstić information content (AvgIpc) is 2.97. The van der Waals surface area contributed by atoms with Crippen molar-refractivity contribution in [2.75, 3.05) is 38.8 Å². The van der Waals surface area contributed by atoms with E-state index in [4.69, 9.17) is 18.9 Å². The molecule has 0 radical (unpaired) electrons. The molecular weight excluding hydrogens is 554 g/mol. The SMILES string of the molecule is COC(OC)C1CC2(CCN(c3ccc(C4=C(Br)COc5cc(OCc6ccccc6)ccc54)cc3)CC2)C1. The number of anilines is 1. The molecule has 6 heteroatoms. The molecule has 204 valence electrons. The first-order valence-electron chi connectivity index (χ1n) is 13.8. The van der Waals surface area contributed by atoms with Crippen molar-refractivity contribution >= 4 is 27.2 Å². The van der Waals surface area contributed by atoms with Crippen molar-refractivity contribution in [3.63, 3.8) is 0 Å². The van der Waals surface area contributed by atoms with Crippen LogP contribution in [0.15, 0.2) is 77.3 Å². The van der Waals surface area contributed by atoms with Crippen LogP contribution in [0, 0.1) is 11.3 Å². The molecule has 3 aromatic carbocycles. The maximum absolute atomic E-state index is 6.06. The van der Waals surface area contributed by atoms with E-state index in [0.29, 0.717) is 24.5 Å². The lowest BCUT2D eigenvalue weighted by Gasteiger charge is -2.54. The minimum atomic E-state index is -0.0569. The normalized spacial score (nSPS) is 18.6. The maximum Gasteiger partial charge on any atom is 0.159 e. The van der Waals surface area contributed by atoms with Gasteiger partial charge in [-0.2, -0.15) is 0 Å². The zero-order chi connectivity index (χ0) is 26.8. The summed E-state index contributed by atoms with van der Waals surface area (Å²) in [6, 6.07) is 25.4. The fourth-order valence-electron chi connectivity index (χ4n) is 6.54. The van der Waals surface area contributed by atoms with Gasteiger partial charge < -0.3 is 23.8 Å². The Morgan fingerprint density at radius 2 is 1.67 bits per heavy atom. The number of ether oxygens (including phenoxy) is 4. The standard InChI is InChI=1S/C33H36BrNO4/c1-36-32(37-2)25-19-33(20-25)14-16-35(17-15-33)26-10-8-24(9-11-26)31-28-13-12-27(18-30(28)39-22-29(31)34)38-21-23-6-4-3-5-7-23/h3-13,18,25,32H,14-17,19-22H2,1-2H3. The summed E-state index contributed by atoms with van der Waals surface area (Å²) in [5.41, 5.74) is 6.37. The van der Waals surface area contributed by atoms with Gasteiger partial charge in [-0.15, -0.1) is 0 Å². The molecule has 39 heavy (non-hydrogen) atoms. The van der Waals surface area contributed by atoms with Crippen LogP contribution in [-0.2, 0) is 16.1 Å². The number of fused-ring (bicyclic) bond motifs is 1. The molecule has 2 fully saturated rings. The molecule has 0 aromatic heterocycles. The molecule has 6 rings (SSSR count). The highest BCUT2D eigenvalue weighted by Crippen LogP contribution is 2.54. The third kappa shape index (κ3) is 5.47. The number of benzene rings is 3. The van der Waals surface area contributed by atoms with E-state index in [-0.39, 0.29) is 6.29 Å². The third-order valence-corrected chi connectivity index (χ3v) is 9.31. The van der Waals surface area contributed by atoms with Crippen LogP contribution in [0.4, 0.5) is 5.69 Å². The van der Waals surface area contributed by atoms with Crippen LogP contribution in [-0.4, -0.2) is 40.2 Å². The van der Waals surface area contributed by atoms with Crippen molar-refractivity contribution in [3.05, 3.63) is 94.0 Å². The van der Waals surface area contributed by atoms with Gasteiger partial charge in [0.15, 0.2) is 6.29 Å². The van der Waals surface area contributed by atoms with Crippen molar-refractivity contribution in [2.24, 2.45) is 11.3 Å². The van der Waals surface area contributed by atoms with Gasteiger partial charge in [-0.1, -0.05) is 58.4 Å². The van der Waals surface area contributed by atoms with Crippen molar-refractivity contribution < 1.29 is 18.9 Å². The molecule has 2 aliphatic heterocycles. The van der Waals surface area contributed by atoms with Gasteiger partial charge in [0, 0.05) is 60.6 Å². The number of nitrogens with zero attached hydrogens (tertiary/aromatic N) is 1. The minimum Gasteiger partial charge on any atom is -0.489 e. The molecular formula is C33H36BrNO4. The highest BCUT2D eigenvalue weighted by molar-refractivity contribution is 9.11. The Labute approximate surface area is 239 Å². The first kappa shape index (κ1) is 26.4. The zero-order valence-electron chi connectivity index (χ0n) is 22.7. The summed E-state index contributed by atoms with van der Waals surface area (Å²) in [4.78, 5) is 2.53. The topological polar surface area (TPSA) is 40.2 Å². The monoisotopic (exact) mass is 589 g/mol. The molecule has 0 amide bonds. The number of piperidine rings is 1.